The van der Waals surface area contributed by atoms with Gasteiger partial charge in [0.2, 0.25) is 11.7 Å². The maximum absolute atomic E-state index is 13.4. The molecule has 0 amide bonds. The molecule has 4 aromatic rings. The fourth-order valence-electron chi connectivity index (χ4n) is 3.36. The largest absolute Gasteiger partial charge is 0.347 e. The minimum atomic E-state index is -0.405. The number of benzene rings is 1. The molecule has 0 spiro atoms. The summed E-state index contributed by atoms with van der Waals surface area (Å²) in [5.41, 5.74) is 2.52. The quantitative estimate of drug-likeness (QED) is 0.523. The van der Waals surface area contributed by atoms with Crippen LogP contribution >= 0.6 is 0 Å². The highest BCUT2D eigenvalue weighted by molar-refractivity contribution is 5.82. The number of fused-ring (bicyclic) bond motifs is 3. The molecule has 0 bridgehead atoms. The minimum Gasteiger partial charge on any atom is -0.347 e. The van der Waals surface area contributed by atoms with Crippen LogP contribution < -0.4 is 10.5 Å². The molecule has 0 saturated carbocycles. The molecule has 1 atom stereocenters. The van der Waals surface area contributed by atoms with Gasteiger partial charge in [-0.15, -0.1) is 16.8 Å². The van der Waals surface area contributed by atoms with Crippen LogP contribution in [-0.4, -0.2) is 38.2 Å². The van der Waals surface area contributed by atoms with Crippen molar-refractivity contribution in [3.8, 4) is 0 Å². The maximum Gasteiger partial charge on any atom is 0.263 e. The van der Waals surface area contributed by atoms with E-state index in [1.54, 1.807) is 23.0 Å². The lowest BCUT2D eigenvalue weighted by molar-refractivity contribution is 0.678. The Morgan fingerprint density at radius 3 is 2.70 bits per heavy atom. The van der Waals surface area contributed by atoms with Gasteiger partial charge in [0.05, 0.1) is 16.9 Å². The summed E-state index contributed by atoms with van der Waals surface area (Å²) in [5.74, 6) is 1.12. The fourth-order valence-corrected chi connectivity index (χ4v) is 3.36. The Morgan fingerprint density at radius 2 is 2.04 bits per heavy atom. The van der Waals surface area contributed by atoms with Crippen molar-refractivity contribution in [3.63, 3.8) is 0 Å². The maximum atomic E-state index is 13.4. The Hall–Kier alpha value is -3.48. The van der Waals surface area contributed by atoms with Gasteiger partial charge in [-0.3, -0.25) is 14.3 Å². The van der Waals surface area contributed by atoms with Gasteiger partial charge in [-0.05, 0) is 30.7 Å². The Bertz CT molecular complexity index is 1210. The number of hydrogen-bond acceptors (Lipinski definition) is 5. The van der Waals surface area contributed by atoms with Gasteiger partial charge in [0.1, 0.15) is 0 Å². The van der Waals surface area contributed by atoms with Crippen LogP contribution in [0.4, 0.5) is 5.95 Å². The van der Waals surface area contributed by atoms with Gasteiger partial charge in [0, 0.05) is 26.5 Å². The standard InChI is InChI=1S/C20H20N6O/c1-5-16(14-7-6-10-21-12-14)25-18(27)15-11-13(2)8-9-17(15)26-19(24(3)4)22-23-20(25)26/h5-12,16H,1H2,2-4H3. The van der Waals surface area contributed by atoms with Crippen molar-refractivity contribution in [2.24, 2.45) is 0 Å². The molecular formula is C20H20N6O. The minimum absolute atomic E-state index is 0.132. The Labute approximate surface area is 156 Å². The molecule has 136 valence electrons. The van der Waals surface area contributed by atoms with Crippen molar-refractivity contribution in [3.05, 3.63) is 76.9 Å². The zero-order valence-corrected chi connectivity index (χ0v) is 15.5. The highest BCUT2D eigenvalue weighted by Gasteiger charge is 2.22. The molecule has 0 aliphatic rings. The summed E-state index contributed by atoms with van der Waals surface area (Å²) >= 11 is 0. The number of allylic oxidation sites excluding steroid dienone is 1. The second-order valence-electron chi connectivity index (χ2n) is 6.69. The summed E-state index contributed by atoms with van der Waals surface area (Å²) in [6.45, 7) is 5.92. The summed E-state index contributed by atoms with van der Waals surface area (Å²) < 4.78 is 3.54. The normalized spacial score (nSPS) is 12.4. The van der Waals surface area contributed by atoms with E-state index in [1.807, 2.05) is 60.7 Å². The lowest BCUT2D eigenvalue weighted by Crippen LogP contribution is -2.28. The summed E-state index contributed by atoms with van der Waals surface area (Å²) in [4.78, 5) is 19.5. The molecule has 0 aliphatic heterocycles. The Balaban J connectivity index is 2.18. The molecule has 3 heterocycles. The van der Waals surface area contributed by atoms with E-state index in [0.29, 0.717) is 17.1 Å². The van der Waals surface area contributed by atoms with Gasteiger partial charge in [-0.1, -0.05) is 23.8 Å². The van der Waals surface area contributed by atoms with Crippen molar-refractivity contribution in [2.45, 2.75) is 13.0 Å². The third-order valence-corrected chi connectivity index (χ3v) is 4.61. The van der Waals surface area contributed by atoms with E-state index in [4.69, 9.17) is 0 Å². The first-order chi connectivity index (χ1) is 13.0. The average molecular weight is 360 g/mol. The Kier molecular flexibility index (Phi) is 3.99. The van der Waals surface area contributed by atoms with Crippen molar-refractivity contribution >= 4 is 22.6 Å². The monoisotopic (exact) mass is 360 g/mol. The molecule has 3 aromatic heterocycles. The molecule has 7 heteroatoms. The second-order valence-corrected chi connectivity index (χ2v) is 6.69. The third kappa shape index (κ3) is 2.59. The van der Waals surface area contributed by atoms with Crippen LogP contribution in [-0.2, 0) is 0 Å². The number of aromatic nitrogens is 5. The number of hydrogen-bond donors (Lipinski definition) is 0. The summed E-state index contributed by atoms with van der Waals surface area (Å²) in [6, 6.07) is 9.18. The molecule has 0 N–H and O–H groups in total. The fraction of sp³-hybridized carbons (Fsp3) is 0.200. The molecule has 0 aliphatic carbocycles. The topological polar surface area (TPSA) is 68.3 Å². The molecule has 1 aromatic carbocycles. The smallest absolute Gasteiger partial charge is 0.263 e. The van der Waals surface area contributed by atoms with Crippen LogP contribution in [0.1, 0.15) is 17.2 Å². The first kappa shape index (κ1) is 17.0. The molecule has 4 rings (SSSR count). The first-order valence-corrected chi connectivity index (χ1v) is 8.62. The van der Waals surface area contributed by atoms with Crippen molar-refractivity contribution < 1.29 is 0 Å². The van der Waals surface area contributed by atoms with Crippen molar-refractivity contribution in [1.29, 1.82) is 0 Å². The third-order valence-electron chi connectivity index (χ3n) is 4.61. The van der Waals surface area contributed by atoms with Crippen LogP contribution in [0.25, 0.3) is 16.7 Å². The van der Waals surface area contributed by atoms with E-state index in [9.17, 15) is 4.79 Å². The first-order valence-electron chi connectivity index (χ1n) is 8.62. The van der Waals surface area contributed by atoms with Crippen LogP contribution in [0.2, 0.25) is 0 Å². The van der Waals surface area contributed by atoms with Crippen molar-refractivity contribution in [2.75, 3.05) is 19.0 Å². The van der Waals surface area contributed by atoms with Gasteiger partial charge in [0.15, 0.2) is 0 Å². The Morgan fingerprint density at radius 1 is 1.22 bits per heavy atom. The zero-order valence-electron chi connectivity index (χ0n) is 15.5. The number of rotatable bonds is 4. The predicted molar refractivity (Wildman–Crippen MR) is 106 cm³/mol. The lowest BCUT2D eigenvalue weighted by atomic mass is 10.1. The number of nitrogens with zero attached hydrogens (tertiary/aromatic N) is 6. The molecular weight excluding hydrogens is 340 g/mol. The van der Waals surface area contributed by atoms with E-state index in [2.05, 4.69) is 21.8 Å². The van der Waals surface area contributed by atoms with Gasteiger partial charge < -0.3 is 4.90 Å². The second kappa shape index (κ2) is 6.35. The molecule has 7 nitrogen and oxygen atoms in total. The van der Waals surface area contributed by atoms with E-state index in [-0.39, 0.29) is 5.56 Å². The highest BCUT2D eigenvalue weighted by Crippen LogP contribution is 2.25. The van der Waals surface area contributed by atoms with E-state index in [0.717, 1.165) is 16.6 Å². The summed E-state index contributed by atoms with van der Waals surface area (Å²) in [7, 11) is 3.80. The SMILES string of the molecule is C=CC(c1cccnc1)n1c(=O)c2cc(C)ccc2n2c(N(C)C)nnc12. The van der Waals surface area contributed by atoms with Crippen LogP contribution in [0.5, 0.6) is 0 Å². The predicted octanol–water partition coefficient (Wildman–Crippen LogP) is 2.59. The van der Waals surface area contributed by atoms with Gasteiger partial charge in [-0.25, -0.2) is 4.40 Å². The molecule has 27 heavy (non-hydrogen) atoms. The molecule has 1 unspecified atom stereocenters. The van der Waals surface area contributed by atoms with Gasteiger partial charge in [0.25, 0.3) is 5.56 Å². The van der Waals surface area contributed by atoms with Gasteiger partial charge >= 0.3 is 0 Å². The lowest BCUT2D eigenvalue weighted by Gasteiger charge is -2.19. The van der Waals surface area contributed by atoms with Gasteiger partial charge in [-0.2, -0.15) is 0 Å². The van der Waals surface area contributed by atoms with Crippen LogP contribution in [0.15, 0.2) is 60.2 Å². The van der Waals surface area contributed by atoms with Crippen LogP contribution in [0, 0.1) is 6.92 Å². The van der Waals surface area contributed by atoms with Crippen molar-refractivity contribution in [1.82, 2.24) is 24.1 Å². The highest BCUT2D eigenvalue weighted by atomic mass is 16.1. The van der Waals surface area contributed by atoms with E-state index in [1.165, 1.54) is 0 Å². The van der Waals surface area contributed by atoms with E-state index < -0.39 is 6.04 Å². The van der Waals surface area contributed by atoms with E-state index >= 15 is 0 Å². The summed E-state index contributed by atoms with van der Waals surface area (Å²) in [6.07, 6.45) is 5.16. The molecule has 0 fully saturated rings. The number of pyridine rings is 1. The molecule has 0 saturated heterocycles. The van der Waals surface area contributed by atoms with Crippen LogP contribution in [0.3, 0.4) is 0 Å². The molecule has 0 radical (unpaired) electrons. The average Bonchev–Trinajstić information content (AvgIpc) is 3.11. The number of anilines is 1. The number of aryl methyl sites for hydroxylation is 1. The zero-order chi connectivity index (χ0) is 19.1. The summed E-state index contributed by atoms with van der Waals surface area (Å²) in [5, 5.41) is 9.25.